The Hall–Kier alpha value is -3.18. The maximum Gasteiger partial charge on any atom is 0.416 e. The number of halogens is 4. The zero-order chi connectivity index (χ0) is 25.2. The Labute approximate surface area is 199 Å². The number of nitrogen functional groups attached to an aromatic ring is 1. The average molecular weight is 494 g/mol. The molecule has 35 heavy (non-hydrogen) atoms. The van der Waals surface area contributed by atoms with Crippen LogP contribution in [0.25, 0.3) is 0 Å². The molecule has 0 saturated carbocycles. The molecule has 11 heteroatoms. The minimum absolute atomic E-state index is 0.0511. The summed E-state index contributed by atoms with van der Waals surface area (Å²) < 4.78 is 60.7. The van der Waals surface area contributed by atoms with Gasteiger partial charge in [-0.25, -0.2) is 14.3 Å². The van der Waals surface area contributed by atoms with E-state index in [2.05, 4.69) is 15.5 Å². The number of ether oxygens (including phenoxy) is 1. The molecule has 0 amide bonds. The molecule has 1 aliphatic heterocycles. The van der Waals surface area contributed by atoms with E-state index in [0.29, 0.717) is 19.4 Å². The van der Waals surface area contributed by atoms with Crippen LogP contribution in [0.4, 0.5) is 23.5 Å². The first kappa shape index (κ1) is 24.9. The highest BCUT2D eigenvalue weighted by molar-refractivity contribution is 5.33. The van der Waals surface area contributed by atoms with E-state index in [1.807, 2.05) is 30.3 Å². The molecule has 0 bridgehead atoms. The first-order valence-electron chi connectivity index (χ1n) is 11.2. The molecular formula is C24H27F4N5O2. The summed E-state index contributed by atoms with van der Waals surface area (Å²) in [6.07, 6.45) is -4.13. The summed E-state index contributed by atoms with van der Waals surface area (Å²) in [5, 5.41) is 9.59. The third-order valence-electron chi connectivity index (χ3n) is 6.55. The van der Waals surface area contributed by atoms with Crippen LogP contribution in [0.3, 0.4) is 0 Å². The van der Waals surface area contributed by atoms with Gasteiger partial charge < -0.3 is 15.8 Å². The van der Waals surface area contributed by atoms with Crippen molar-refractivity contribution in [2.45, 2.75) is 50.3 Å². The Morgan fingerprint density at radius 2 is 2.00 bits per heavy atom. The van der Waals surface area contributed by atoms with Gasteiger partial charge in [0.05, 0.1) is 29.9 Å². The summed E-state index contributed by atoms with van der Waals surface area (Å²) in [7, 11) is 0. The van der Waals surface area contributed by atoms with Crippen LogP contribution >= 0.6 is 0 Å². The number of nitrogens with one attached hydrogen (secondary N) is 2. The second-order valence-corrected chi connectivity index (χ2v) is 8.83. The molecular weight excluding hydrogens is 466 g/mol. The molecule has 0 unspecified atom stereocenters. The predicted molar refractivity (Wildman–Crippen MR) is 122 cm³/mol. The topological polar surface area (TPSA) is 98.0 Å². The number of H-pyrrole nitrogens is 1. The second-order valence-electron chi connectivity index (χ2n) is 8.83. The number of benzene rings is 2. The highest BCUT2D eigenvalue weighted by Gasteiger charge is 2.39. The van der Waals surface area contributed by atoms with Gasteiger partial charge in [0, 0.05) is 6.54 Å². The van der Waals surface area contributed by atoms with E-state index in [9.17, 15) is 22.4 Å². The molecule has 0 aliphatic carbocycles. The number of hydrogen-bond donors (Lipinski definition) is 3. The number of piperidine rings is 1. The Balaban J connectivity index is 1.56. The van der Waals surface area contributed by atoms with Gasteiger partial charge in [-0.2, -0.15) is 13.2 Å². The molecule has 0 spiro atoms. The zero-order valence-corrected chi connectivity index (χ0v) is 19.1. The maximum atomic E-state index is 13.3. The average Bonchev–Trinajstić information content (AvgIpc) is 3.20. The van der Waals surface area contributed by atoms with E-state index < -0.39 is 30.1 Å². The number of nitrogens with zero attached hydrogens (tertiary/aromatic N) is 2. The number of alkyl halides is 4. The quantitative estimate of drug-likeness (QED) is 0.428. The van der Waals surface area contributed by atoms with Crippen molar-refractivity contribution in [2.75, 3.05) is 18.9 Å². The number of anilines is 1. The van der Waals surface area contributed by atoms with Crippen LogP contribution in [0, 0.1) is 0 Å². The van der Waals surface area contributed by atoms with Crippen LogP contribution in [0.15, 0.2) is 53.3 Å². The van der Waals surface area contributed by atoms with Crippen LogP contribution < -0.4 is 16.7 Å². The molecule has 1 aliphatic rings. The van der Waals surface area contributed by atoms with E-state index in [4.69, 9.17) is 10.5 Å². The molecule has 4 rings (SSSR count). The molecule has 3 atom stereocenters. The normalized spacial score (nSPS) is 21.7. The highest BCUT2D eigenvalue weighted by atomic mass is 19.4. The molecule has 0 radical (unpaired) electrons. The van der Waals surface area contributed by atoms with Crippen molar-refractivity contribution in [2.24, 2.45) is 0 Å². The van der Waals surface area contributed by atoms with Gasteiger partial charge in [-0.15, -0.1) is 5.10 Å². The van der Waals surface area contributed by atoms with Gasteiger partial charge >= 0.3 is 11.9 Å². The minimum atomic E-state index is -4.59. The fraction of sp³-hybridized carbons (Fsp3) is 0.417. The van der Waals surface area contributed by atoms with Crippen molar-refractivity contribution >= 4 is 5.95 Å². The monoisotopic (exact) mass is 493 g/mol. The molecule has 2 heterocycles. The third-order valence-corrected chi connectivity index (χ3v) is 6.55. The maximum absolute atomic E-state index is 13.3. The lowest BCUT2D eigenvalue weighted by Gasteiger charge is -2.42. The SMILES string of the molecule is C[C@@H](OC[C@@]1(c2ccccc2)CC[C@@H](n2c(N)n[nH]c2=O)CN1)c1cc(CF)cc(C(F)(F)F)c1. The molecule has 4 N–H and O–H groups in total. The number of nitrogens with two attached hydrogens (primary N) is 1. The van der Waals surface area contributed by atoms with E-state index in [-0.39, 0.29) is 35.4 Å². The lowest BCUT2D eigenvalue weighted by molar-refractivity contribution is -0.137. The van der Waals surface area contributed by atoms with Crippen LogP contribution in [0.1, 0.15) is 54.2 Å². The van der Waals surface area contributed by atoms with Crippen LogP contribution in [0.2, 0.25) is 0 Å². The van der Waals surface area contributed by atoms with Crippen molar-refractivity contribution < 1.29 is 22.3 Å². The van der Waals surface area contributed by atoms with Crippen molar-refractivity contribution in [3.05, 3.63) is 81.3 Å². The largest absolute Gasteiger partial charge is 0.416 e. The van der Waals surface area contributed by atoms with Gasteiger partial charge in [-0.05, 0) is 48.6 Å². The number of rotatable bonds is 7. The van der Waals surface area contributed by atoms with E-state index in [1.54, 1.807) is 6.92 Å². The first-order valence-corrected chi connectivity index (χ1v) is 11.2. The summed E-state index contributed by atoms with van der Waals surface area (Å²) >= 11 is 0. The van der Waals surface area contributed by atoms with Gasteiger partial charge in [-0.1, -0.05) is 36.4 Å². The summed E-state index contributed by atoms with van der Waals surface area (Å²) in [4.78, 5) is 12.1. The predicted octanol–water partition coefficient (Wildman–Crippen LogP) is 4.24. The molecule has 1 aromatic heterocycles. The molecule has 2 aromatic carbocycles. The van der Waals surface area contributed by atoms with Crippen LogP contribution in [-0.2, 0) is 23.1 Å². The lowest BCUT2D eigenvalue weighted by Crippen LogP contribution is -2.53. The Kier molecular flexibility index (Phi) is 7.00. The van der Waals surface area contributed by atoms with Crippen LogP contribution in [0.5, 0.6) is 0 Å². The summed E-state index contributed by atoms with van der Waals surface area (Å²) in [6, 6.07) is 12.6. The second kappa shape index (κ2) is 9.82. The Morgan fingerprint density at radius 1 is 1.26 bits per heavy atom. The molecule has 3 aromatic rings. The third kappa shape index (κ3) is 5.25. The van der Waals surface area contributed by atoms with Gasteiger partial charge in [0.2, 0.25) is 5.95 Å². The molecule has 1 saturated heterocycles. The van der Waals surface area contributed by atoms with Crippen molar-refractivity contribution in [3.63, 3.8) is 0 Å². The smallest absolute Gasteiger partial charge is 0.372 e. The van der Waals surface area contributed by atoms with Crippen molar-refractivity contribution in [1.29, 1.82) is 0 Å². The lowest BCUT2D eigenvalue weighted by atomic mass is 9.81. The first-order chi connectivity index (χ1) is 16.6. The number of hydrogen-bond acceptors (Lipinski definition) is 5. The fourth-order valence-corrected chi connectivity index (χ4v) is 4.57. The molecule has 1 fully saturated rings. The van der Waals surface area contributed by atoms with Gasteiger partial charge in [-0.3, -0.25) is 4.57 Å². The standard InChI is InChI=1S/C24H27F4N5O2/c1-15(17-9-16(12-25)10-19(11-17)24(26,27)28)35-14-23(18-5-3-2-4-6-18)8-7-20(13-30-23)33-21(29)31-32-22(33)34/h2-6,9-11,15,20,30H,7-8,12-14H2,1H3,(H2,29,31)(H,32,34)/t15-,20-,23-/m1/s1. The van der Waals surface area contributed by atoms with Crippen molar-refractivity contribution in [1.82, 2.24) is 20.1 Å². The summed E-state index contributed by atoms with van der Waals surface area (Å²) in [6.45, 7) is 1.21. The fourth-order valence-electron chi connectivity index (χ4n) is 4.57. The van der Waals surface area contributed by atoms with Gasteiger partial charge in [0.15, 0.2) is 0 Å². The molecule has 7 nitrogen and oxygen atoms in total. The highest BCUT2D eigenvalue weighted by Crippen LogP contribution is 2.37. The summed E-state index contributed by atoms with van der Waals surface area (Å²) in [5.74, 6) is 0.104. The number of aromatic amines is 1. The Bertz CT molecular complexity index is 1200. The molecule has 188 valence electrons. The van der Waals surface area contributed by atoms with E-state index >= 15 is 0 Å². The Morgan fingerprint density at radius 3 is 2.57 bits per heavy atom. The summed E-state index contributed by atoms with van der Waals surface area (Å²) in [5.41, 5.74) is 5.06. The van der Waals surface area contributed by atoms with Gasteiger partial charge in [0.1, 0.15) is 6.67 Å². The zero-order valence-electron chi connectivity index (χ0n) is 19.1. The van der Waals surface area contributed by atoms with Crippen molar-refractivity contribution in [3.8, 4) is 0 Å². The minimum Gasteiger partial charge on any atom is -0.372 e. The van der Waals surface area contributed by atoms with Gasteiger partial charge in [0.25, 0.3) is 0 Å². The van der Waals surface area contributed by atoms with Crippen LogP contribution in [-0.4, -0.2) is 27.9 Å². The van der Waals surface area contributed by atoms with E-state index in [0.717, 1.165) is 17.7 Å². The number of aromatic nitrogens is 3. The van der Waals surface area contributed by atoms with E-state index in [1.165, 1.54) is 10.6 Å².